The number of unbranched alkanes of at least 4 members (excludes halogenated alkanes) is 1. The van der Waals surface area contributed by atoms with Crippen molar-refractivity contribution in [2.75, 3.05) is 6.16 Å². The molecule has 0 saturated carbocycles. The highest BCUT2D eigenvalue weighted by molar-refractivity contribution is 7.95. The maximum absolute atomic E-state index is 10.1. The van der Waals surface area contributed by atoms with E-state index < -0.39 is 51.6 Å². The van der Waals surface area contributed by atoms with Gasteiger partial charge in [-0.25, -0.2) is 0 Å². The fraction of sp³-hybridized carbons (Fsp3) is 0.182. The molecule has 0 spiro atoms. The third-order valence-electron chi connectivity index (χ3n) is 4.44. The lowest BCUT2D eigenvalue weighted by atomic mass is 10.3. The summed E-state index contributed by atoms with van der Waals surface area (Å²) in [5.74, 6) is 0. The first-order valence-corrected chi connectivity index (χ1v) is 14.8. The first-order chi connectivity index (χ1) is 21.8. The van der Waals surface area contributed by atoms with Crippen LogP contribution in [0.1, 0.15) is 19.8 Å². The molecule has 0 radical (unpaired) electrons. The summed E-state index contributed by atoms with van der Waals surface area (Å²) in [4.78, 5) is 0. The number of rotatable bonds is 6. The van der Waals surface area contributed by atoms with Gasteiger partial charge in [-0.15, -0.1) is 0 Å². The van der Waals surface area contributed by atoms with Gasteiger partial charge in [0, 0.05) is 0 Å². The van der Waals surface area contributed by atoms with Gasteiger partial charge < -0.3 is 60.3 Å². The Hall–Kier alpha value is -2.42. The van der Waals surface area contributed by atoms with Gasteiger partial charge in [0.2, 0.25) is 0 Å². The molecule has 3 aromatic rings. The van der Waals surface area contributed by atoms with Crippen molar-refractivity contribution in [3.63, 3.8) is 0 Å². The number of hydrogen-bond acceptors (Lipinski definition) is 12. The second-order valence-electron chi connectivity index (χ2n) is 7.76. The van der Waals surface area contributed by atoms with E-state index >= 15 is 0 Å². The van der Waals surface area contributed by atoms with Gasteiger partial charge in [0.15, 0.2) is 0 Å². The van der Waals surface area contributed by atoms with Crippen molar-refractivity contribution in [2.24, 2.45) is 0 Å². The molecule has 0 aliphatic carbocycles. The van der Waals surface area contributed by atoms with Gasteiger partial charge in [-0.1, -0.05) is 67.9 Å². The Balaban J connectivity index is -0.000000314. The lowest BCUT2D eigenvalue weighted by molar-refractivity contribution is 0.338. The molecule has 25 heteroatoms. The van der Waals surface area contributed by atoms with Crippen molar-refractivity contribution in [3.8, 4) is 0 Å². The molecule has 0 bridgehead atoms. The van der Waals surface area contributed by atoms with Crippen LogP contribution in [-0.2, 0) is 0 Å². The Morgan fingerprint density at radius 1 is 0.404 bits per heavy atom. The molecule has 12 nitrogen and oxygen atoms in total. The molecule has 47 heavy (non-hydrogen) atoms. The van der Waals surface area contributed by atoms with Crippen molar-refractivity contribution >= 4 is 67.5 Å². The Labute approximate surface area is 270 Å². The number of hydrogen-bond donors (Lipinski definition) is 12. The summed E-state index contributed by atoms with van der Waals surface area (Å²) in [7, 11) is -17.6. The molecule has 0 atom stereocenters. The van der Waals surface area contributed by atoms with Crippen LogP contribution in [0, 0.1) is 0 Å². The predicted octanol–water partition coefficient (Wildman–Crippen LogP) is -1.67. The van der Waals surface area contributed by atoms with Crippen LogP contribution in [-0.4, -0.2) is 111 Å². The van der Waals surface area contributed by atoms with Crippen LogP contribution in [0.4, 0.5) is 25.9 Å². The van der Waals surface area contributed by atoms with Crippen molar-refractivity contribution < 1.29 is 86.2 Å². The first-order valence-electron chi connectivity index (χ1n) is 12.8. The van der Waals surface area contributed by atoms with Crippen LogP contribution in [0.25, 0.3) is 0 Å². The van der Waals surface area contributed by atoms with Gasteiger partial charge >= 0.3 is 44.4 Å². The van der Waals surface area contributed by atoms with Crippen LogP contribution in [0.5, 0.6) is 0 Å². The highest BCUT2D eigenvalue weighted by atomic mass is 31.2. The molecule has 0 unspecified atom stereocenters. The van der Waals surface area contributed by atoms with E-state index in [1.54, 1.807) is 0 Å². The van der Waals surface area contributed by atoms with Crippen molar-refractivity contribution in [3.05, 3.63) is 91.0 Å². The number of benzene rings is 3. The van der Waals surface area contributed by atoms with Crippen LogP contribution >= 0.6 is 7.26 Å². The van der Waals surface area contributed by atoms with Crippen LogP contribution in [0.2, 0.25) is 0 Å². The minimum atomic E-state index is -2.67. The summed E-state index contributed by atoms with van der Waals surface area (Å²) in [6.45, 7) is 2.29. The van der Waals surface area contributed by atoms with Crippen molar-refractivity contribution in [1.29, 1.82) is 0 Å². The first kappa shape index (κ1) is 51.4. The SMILES string of the molecule is CCCC[P+](c1ccccc1)(c1ccccc1)c1ccccc1.OB(O)F.OB(O)F.OB(O)F.OB(O)F.OB(O)F.OB(O)F. The Bertz CT molecular complexity index is 892. The molecule has 260 valence electrons. The molecule has 0 amide bonds. The van der Waals surface area contributed by atoms with E-state index in [-0.39, 0.29) is 0 Å². The normalized spacial score (nSPS) is 9.00. The maximum atomic E-state index is 10.1. The van der Waals surface area contributed by atoms with Gasteiger partial charge in [-0.3, -0.25) is 25.9 Å². The van der Waals surface area contributed by atoms with Crippen LogP contribution < -0.4 is 15.9 Å². The van der Waals surface area contributed by atoms with E-state index in [9.17, 15) is 25.9 Å². The highest BCUT2D eigenvalue weighted by Gasteiger charge is 2.44. The third-order valence-corrected chi connectivity index (χ3v) is 8.96. The summed E-state index contributed by atoms with van der Waals surface area (Å²) >= 11 is 0. The molecular formula is C22H36B6F6O12P+. The fourth-order valence-corrected chi connectivity index (χ4v) is 7.78. The van der Waals surface area contributed by atoms with Crippen LogP contribution in [0.15, 0.2) is 91.0 Å². The van der Waals surface area contributed by atoms with E-state index in [1.165, 1.54) is 34.9 Å². The van der Waals surface area contributed by atoms with Gasteiger partial charge in [0.05, 0.1) is 6.16 Å². The summed E-state index contributed by atoms with van der Waals surface area (Å²) in [6, 6.07) is 33.4. The molecular weight excluding hydrogens is 666 g/mol. The van der Waals surface area contributed by atoms with E-state index in [2.05, 4.69) is 97.9 Å². The van der Waals surface area contributed by atoms with E-state index in [1.807, 2.05) is 0 Å². The lowest BCUT2D eigenvalue weighted by Gasteiger charge is -2.27. The highest BCUT2D eigenvalue weighted by Crippen LogP contribution is 2.55. The van der Waals surface area contributed by atoms with E-state index in [0.717, 1.165) is 0 Å². The molecule has 12 N–H and O–H groups in total. The molecule has 3 rings (SSSR count). The second-order valence-corrected chi connectivity index (χ2v) is 11.4. The molecule has 0 aliphatic rings. The largest absolute Gasteiger partial charge is 0.674 e. The molecule has 0 heterocycles. The summed E-state index contributed by atoms with van der Waals surface area (Å²) in [5.41, 5.74) is 0. The molecule has 0 aromatic heterocycles. The minimum absolute atomic E-state index is 1.23. The number of halogens is 6. The zero-order chi connectivity index (χ0) is 37.4. The zero-order valence-corrected chi connectivity index (χ0v) is 25.7. The van der Waals surface area contributed by atoms with Gasteiger partial charge in [0.1, 0.15) is 23.2 Å². The smallest absolute Gasteiger partial charge is 0.398 e. The summed E-state index contributed by atoms with van der Waals surface area (Å²) in [6.07, 6.45) is 3.72. The van der Waals surface area contributed by atoms with Crippen molar-refractivity contribution in [1.82, 2.24) is 0 Å². The minimum Gasteiger partial charge on any atom is -0.398 e. The standard InChI is InChI=1S/C22H24P.6BFH2O2/c1-2-3-19-23(20-13-7-4-8-14-20,21-15-9-5-10-16-21)22-17-11-6-12-18-22;6*2-1(3)4/h4-18H,2-3,19H2,1H3;6*3-4H/q+1;;;;;;. The fourth-order valence-electron chi connectivity index (χ4n) is 3.28. The van der Waals surface area contributed by atoms with Crippen LogP contribution in [0.3, 0.4) is 0 Å². The van der Waals surface area contributed by atoms with E-state index in [0.29, 0.717) is 0 Å². The summed E-state index contributed by atoms with van der Waals surface area (Å²) in [5, 5.41) is 87.8. The molecule has 0 fully saturated rings. The molecule has 0 saturated heterocycles. The Morgan fingerprint density at radius 2 is 0.574 bits per heavy atom. The zero-order valence-electron chi connectivity index (χ0n) is 24.8. The van der Waals surface area contributed by atoms with E-state index in [4.69, 9.17) is 60.3 Å². The monoisotopic (exact) mass is 703 g/mol. The average molecular weight is 702 g/mol. The second kappa shape index (κ2) is 33.5. The van der Waals surface area contributed by atoms with Gasteiger partial charge in [-0.05, 0) is 42.8 Å². The Kier molecular flexibility index (Phi) is 36.6. The quantitative estimate of drug-likeness (QED) is 0.0785. The maximum Gasteiger partial charge on any atom is 0.674 e. The average Bonchev–Trinajstić information content (AvgIpc) is 2.94. The molecule has 0 aliphatic heterocycles. The lowest BCUT2D eigenvalue weighted by Crippen LogP contribution is -2.33. The third kappa shape index (κ3) is 37.9. The van der Waals surface area contributed by atoms with Crippen molar-refractivity contribution in [2.45, 2.75) is 19.8 Å². The Morgan fingerprint density at radius 3 is 0.723 bits per heavy atom. The van der Waals surface area contributed by atoms with Gasteiger partial charge in [-0.2, -0.15) is 0 Å². The van der Waals surface area contributed by atoms with Gasteiger partial charge in [0.25, 0.3) is 0 Å². The summed E-state index contributed by atoms with van der Waals surface area (Å²) < 4.78 is 60.7. The molecule has 3 aromatic carbocycles. The topological polar surface area (TPSA) is 243 Å². The predicted molar refractivity (Wildman–Crippen MR) is 173 cm³/mol.